The first-order chi connectivity index (χ1) is 12.4. The third-order valence-electron chi connectivity index (χ3n) is 3.90. The maximum atomic E-state index is 13.5. The van der Waals surface area contributed by atoms with Crippen LogP contribution in [0.4, 0.5) is 27.0 Å². The van der Waals surface area contributed by atoms with E-state index in [1.165, 1.54) is 6.07 Å². The first-order valence-corrected chi connectivity index (χ1v) is 10.1. The molecule has 0 spiro atoms. The molecule has 0 unspecified atom stereocenters. The number of sulfone groups is 1. The van der Waals surface area contributed by atoms with Gasteiger partial charge >= 0.3 is 18.1 Å². The van der Waals surface area contributed by atoms with Gasteiger partial charge in [0, 0.05) is 18.0 Å². The van der Waals surface area contributed by atoms with Crippen LogP contribution in [0.15, 0.2) is 22.9 Å². The Balaban J connectivity index is 1.85. The SMILES string of the molecule is O=C1ON=C(C(F)(F)C(F)(F)F)C1=Cc1ccc(N2CCS(=O)(=O)CC2)s1. The van der Waals surface area contributed by atoms with E-state index in [9.17, 15) is 35.2 Å². The summed E-state index contributed by atoms with van der Waals surface area (Å²) in [6.45, 7) is 0.472. The van der Waals surface area contributed by atoms with Gasteiger partial charge in [0.1, 0.15) is 0 Å². The quantitative estimate of drug-likeness (QED) is 0.419. The van der Waals surface area contributed by atoms with Crippen molar-refractivity contribution in [1.82, 2.24) is 0 Å². The van der Waals surface area contributed by atoms with Gasteiger partial charge in [-0.25, -0.2) is 13.2 Å². The normalized spacial score (nSPS) is 22.1. The van der Waals surface area contributed by atoms with Crippen LogP contribution in [-0.4, -0.2) is 56.8 Å². The molecule has 2 aliphatic rings. The molecule has 0 saturated carbocycles. The van der Waals surface area contributed by atoms with Crippen molar-refractivity contribution in [2.45, 2.75) is 12.1 Å². The molecular weight excluding hydrogens is 419 g/mol. The molecule has 6 nitrogen and oxygen atoms in total. The van der Waals surface area contributed by atoms with Crippen LogP contribution in [0.3, 0.4) is 0 Å². The van der Waals surface area contributed by atoms with Gasteiger partial charge in [0.05, 0.1) is 22.1 Å². The monoisotopic (exact) mass is 430 g/mol. The Morgan fingerprint density at radius 3 is 2.37 bits per heavy atom. The van der Waals surface area contributed by atoms with Crippen molar-refractivity contribution in [3.8, 4) is 0 Å². The molecule has 0 aliphatic carbocycles. The van der Waals surface area contributed by atoms with E-state index in [4.69, 9.17) is 0 Å². The van der Waals surface area contributed by atoms with Crippen LogP contribution in [0.5, 0.6) is 0 Å². The third kappa shape index (κ3) is 3.83. The van der Waals surface area contributed by atoms with Crippen molar-refractivity contribution in [2.75, 3.05) is 29.5 Å². The fourth-order valence-electron chi connectivity index (χ4n) is 2.43. The Hall–Kier alpha value is -2.02. The molecule has 0 atom stereocenters. The van der Waals surface area contributed by atoms with Gasteiger partial charge in [0.25, 0.3) is 0 Å². The highest BCUT2D eigenvalue weighted by Crippen LogP contribution is 2.41. The van der Waals surface area contributed by atoms with Crippen molar-refractivity contribution in [3.63, 3.8) is 0 Å². The van der Waals surface area contributed by atoms with E-state index < -0.39 is 39.2 Å². The highest BCUT2D eigenvalue weighted by molar-refractivity contribution is 7.91. The predicted octanol–water partition coefficient (Wildman–Crippen LogP) is 2.48. The summed E-state index contributed by atoms with van der Waals surface area (Å²) in [7, 11) is -3.10. The molecule has 0 radical (unpaired) electrons. The minimum Gasteiger partial charge on any atom is -0.361 e. The lowest BCUT2D eigenvalue weighted by Crippen LogP contribution is -2.44. The van der Waals surface area contributed by atoms with Gasteiger partial charge < -0.3 is 9.74 Å². The number of anilines is 1. The van der Waals surface area contributed by atoms with Gasteiger partial charge in [-0.05, 0) is 18.2 Å². The van der Waals surface area contributed by atoms with E-state index in [0.29, 0.717) is 5.00 Å². The van der Waals surface area contributed by atoms with Crippen LogP contribution in [-0.2, 0) is 19.5 Å². The molecule has 1 aromatic heterocycles. The van der Waals surface area contributed by atoms with E-state index in [0.717, 1.165) is 17.4 Å². The summed E-state index contributed by atoms with van der Waals surface area (Å²) < 4.78 is 87.6. The van der Waals surface area contributed by atoms with Crippen LogP contribution in [0, 0.1) is 0 Å². The molecule has 1 fully saturated rings. The summed E-state index contributed by atoms with van der Waals surface area (Å²) in [5, 5.41) is 3.20. The zero-order valence-electron chi connectivity index (χ0n) is 13.3. The molecule has 3 heterocycles. The average Bonchev–Trinajstić information content (AvgIpc) is 3.15. The highest BCUT2D eigenvalue weighted by atomic mass is 32.2. The number of oxime groups is 1. The zero-order valence-corrected chi connectivity index (χ0v) is 14.9. The fraction of sp³-hybridized carbons (Fsp3) is 0.429. The maximum absolute atomic E-state index is 13.5. The summed E-state index contributed by atoms with van der Waals surface area (Å²) in [5.41, 5.74) is -2.77. The van der Waals surface area contributed by atoms with Crippen LogP contribution in [0.1, 0.15) is 4.88 Å². The summed E-state index contributed by atoms with van der Waals surface area (Å²) in [6.07, 6.45) is -5.08. The minimum atomic E-state index is -5.93. The van der Waals surface area contributed by atoms with E-state index in [1.807, 2.05) is 0 Å². The van der Waals surface area contributed by atoms with Crippen LogP contribution >= 0.6 is 11.3 Å². The topological polar surface area (TPSA) is 76.0 Å². The number of hydrogen-bond donors (Lipinski definition) is 0. The molecule has 1 aromatic rings. The zero-order chi connectivity index (χ0) is 20.0. The Bertz CT molecular complexity index is 920. The van der Waals surface area contributed by atoms with Gasteiger partial charge in [-0.15, -0.1) is 11.3 Å². The third-order valence-corrected chi connectivity index (χ3v) is 6.61. The molecule has 0 N–H and O–H groups in total. The summed E-state index contributed by atoms with van der Waals surface area (Å²) >= 11 is 1.01. The number of carbonyl (C=O) groups excluding carboxylic acids is 1. The molecule has 13 heteroatoms. The number of thiophene rings is 1. The second-order valence-corrected chi connectivity index (χ2v) is 9.16. The molecule has 3 rings (SSSR count). The Labute approximate surface area is 153 Å². The number of alkyl halides is 5. The van der Waals surface area contributed by atoms with Gasteiger partial charge in [0.15, 0.2) is 15.5 Å². The maximum Gasteiger partial charge on any atom is 0.459 e. The Morgan fingerprint density at radius 2 is 1.78 bits per heavy atom. The molecule has 0 aromatic carbocycles. The van der Waals surface area contributed by atoms with Crippen LogP contribution in [0.2, 0.25) is 0 Å². The lowest BCUT2D eigenvalue weighted by Gasteiger charge is -2.27. The first-order valence-electron chi connectivity index (χ1n) is 7.42. The van der Waals surface area contributed by atoms with Crippen molar-refractivity contribution in [1.29, 1.82) is 0 Å². The van der Waals surface area contributed by atoms with Crippen molar-refractivity contribution in [3.05, 3.63) is 22.6 Å². The standard InChI is InChI=1S/C14H11F5N2O4S2/c15-13(16,14(17,18)19)11-9(12(22)25-20-11)7-8-1-2-10(26-8)21-3-5-27(23,24)6-4-21/h1-2,7H,3-6H2. The van der Waals surface area contributed by atoms with Gasteiger partial charge in [-0.3, -0.25) is 0 Å². The Kier molecular flexibility index (Phi) is 4.78. The van der Waals surface area contributed by atoms with Crippen LogP contribution < -0.4 is 4.90 Å². The largest absolute Gasteiger partial charge is 0.459 e. The number of halogens is 5. The minimum absolute atomic E-state index is 0.0394. The smallest absolute Gasteiger partial charge is 0.361 e. The number of nitrogens with zero attached hydrogens (tertiary/aromatic N) is 2. The molecule has 2 aliphatic heterocycles. The lowest BCUT2D eigenvalue weighted by atomic mass is 10.0. The lowest BCUT2D eigenvalue weighted by molar-refractivity contribution is -0.249. The highest BCUT2D eigenvalue weighted by Gasteiger charge is 2.64. The van der Waals surface area contributed by atoms with Gasteiger partial charge in [-0.1, -0.05) is 5.16 Å². The van der Waals surface area contributed by atoms with Crippen molar-refractivity contribution < 1.29 is 40.0 Å². The molecule has 27 heavy (non-hydrogen) atoms. The molecule has 1 saturated heterocycles. The van der Waals surface area contributed by atoms with Crippen LogP contribution in [0.25, 0.3) is 6.08 Å². The van der Waals surface area contributed by atoms with Gasteiger partial charge in [0.2, 0.25) is 0 Å². The van der Waals surface area contributed by atoms with Gasteiger partial charge in [-0.2, -0.15) is 22.0 Å². The Morgan fingerprint density at radius 1 is 1.15 bits per heavy atom. The van der Waals surface area contributed by atoms with E-state index in [2.05, 4.69) is 9.99 Å². The number of hydrogen-bond acceptors (Lipinski definition) is 7. The second-order valence-electron chi connectivity index (χ2n) is 5.76. The molecule has 148 valence electrons. The first kappa shape index (κ1) is 19.7. The summed E-state index contributed by atoms with van der Waals surface area (Å²) in [6, 6.07) is 2.99. The van der Waals surface area contributed by atoms with Crippen molar-refractivity contribution >= 4 is 43.9 Å². The average molecular weight is 430 g/mol. The molecule has 0 bridgehead atoms. The van der Waals surface area contributed by atoms with E-state index >= 15 is 0 Å². The van der Waals surface area contributed by atoms with Crippen molar-refractivity contribution in [2.24, 2.45) is 5.16 Å². The number of carbonyl (C=O) groups is 1. The fourth-order valence-corrected chi connectivity index (χ4v) is 4.64. The predicted molar refractivity (Wildman–Crippen MR) is 87.7 cm³/mol. The van der Waals surface area contributed by atoms with E-state index in [1.54, 1.807) is 11.0 Å². The number of rotatable bonds is 3. The van der Waals surface area contributed by atoms with E-state index in [-0.39, 0.29) is 29.5 Å². The molecule has 0 amide bonds. The summed E-state index contributed by atoms with van der Waals surface area (Å²) in [5.74, 6) is -6.83. The second kappa shape index (κ2) is 6.55. The molecular formula is C14H11F5N2O4S2. The summed E-state index contributed by atoms with van der Waals surface area (Å²) in [4.78, 5) is 17.5.